The summed E-state index contributed by atoms with van der Waals surface area (Å²) < 4.78 is 68.5. The minimum Gasteiger partial charge on any atom is -0.462 e. The summed E-state index contributed by atoms with van der Waals surface area (Å²) in [4.78, 5) is 72.8. The molecule has 0 amide bonds. The highest BCUT2D eigenvalue weighted by Crippen LogP contribution is 2.45. The van der Waals surface area contributed by atoms with Gasteiger partial charge < -0.3 is 33.8 Å². The van der Waals surface area contributed by atoms with Crippen LogP contribution in [0.1, 0.15) is 388 Å². The van der Waals surface area contributed by atoms with Crippen LogP contribution in [0.3, 0.4) is 0 Å². The van der Waals surface area contributed by atoms with Crippen LogP contribution in [-0.4, -0.2) is 96.7 Å². The van der Waals surface area contributed by atoms with E-state index < -0.39 is 97.5 Å². The van der Waals surface area contributed by atoms with Crippen molar-refractivity contribution in [2.75, 3.05) is 39.6 Å². The zero-order valence-corrected chi connectivity index (χ0v) is 63.1. The Morgan fingerprint density at radius 3 is 0.809 bits per heavy atom. The van der Waals surface area contributed by atoms with Crippen LogP contribution >= 0.6 is 15.6 Å². The Hall–Kier alpha value is -1.94. The van der Waals surface area contributed by atoms with Gasteiger partial charge in [-0.2, -0.15) is 0 Å². The third kappa shape index (κ3) is 67.3. The quantitative estimate of drug-likeness (QED) is 0.0222. The van der Waals surface area contributed by atoms with Gasteiger partial charge in [0, 0.05) is 25.7 Å². The van der Waals surface area contributed by atoms with Gasteiger partial charge in [0.15, 0.2) is 12.2 Å². The Kier molecular flexibility index (Phi) is 65.5. The molecule has 0 aliphatic rings. The highest BCUT2D eigenvalue weighted by molar-refractivity contribution is 7.47. The largest absolute Gasteiger partial charge is 0.472 e. The van der Waals surface area contributed by atoms with E-state index in [-0.39, 0.29) is 25.7 Å². The van der Waals surface area contributed by atoms with Crippen LogP contribution in [-0.2, 0) is 65.4 Å². The molecule has 0 spiro atoms. The number of aliphatic hydroxyl groups excluding tert-OH is 1. The van der Waals surface area contributed by atoms with E-state index in [1.807, 2.05) is 0 Å². The Morgan fingerprint density at radius 2 is 0.543 bits per heavy atom. The Bertz CT molecular complexity index is 1820. The lowest BCUT2D eigenvalue weighted by Crippen LogP contribution is -2.30. The zero-order valence-electron chi connectivity index (χ0n) is 61.3. The van der Waals surface area contributed by atoms with E-state index in [1.54, 1.807) is 0 Å². The molecule has 19 heteroatoms. The summed E-state index contributed by atoms with van der Waals surface area (Å²) in [5, 5.41) is 10.6. The van der Waals surface area contributed by atoms with Crippen LogP contribution < -0.4 is 0 Å². The number of hydrogen-bond acceptors (Lipinski definition) is 15. The first-order valence-electron chi connectivity index (χ1n) is 39.0. The third-order valence-corrected chi connectivity index (χ3v) is 19.7. The monoisotopic (exact) mass is 1380 g/mol. The number of ether oxygens (including phenoxy) is 4. The normalized spacial score (nSPS) is 14.3. The molecule has 0 rings (SSSR count). The van der Waals surface area contributed by atoms with E-state index >= 15 is 0 Å². The van der Waals surface area contributed by atoms with E-state index in [0.717, 1.165) is 102 Å². The van der Waals surface area contributed by atoms with Crippen molar-refractivity contribution in [3.63, 3.8) is 0 Å². The fourth-order valence-electron chi connectivity index (χ4n) is 11.4. The number of esters is 4. The molecule has 0 radical (unpaired) electrons. The molecule has 0 aromatic carbocycles. The number of rotatable bonds is 74. The molecule has 17 nitrogen and oxygen atoms in total. The Morgan fingerprint density at radius 1 is 0.309 bits per heavy atom. The molecule has 0 aromatic heterocycles. The second-order valence-corrected chi connectivity index (χ2v) is 30.7. The van der Waals surface area contributed by atoms with Gasteiger partial charge in [-0.3, -0.25) is 37.3 Å². The van der Waals surface area contributed by atoms with Gasteiger partial charge in [-0.15, -0.1) is 0 Å². The molecule has 0 saturated carbocycles. The molecule has 0 aliphatic heterocycles. The molecular weight excluding hydrogens is 1230 g/mol. The predicted octanol–water partition coefficient (Wildman–Crippen LogP) is 21.9. The van der Waals surface area contributed by atoms with E-state index in [9.17, 15) is 43.2 Å². The second-order valence-electron chi connectivity index (χ2n) is 27.8. The topological polar surface area (TPSA) is 237 Å². The van der Waals surface area contributed by atoms with Gasteiger partial charge in [0.25, 0.3) is 0 Å². The molecule has 0 saturated heterocycles. The van der Waals surface area contributed by atoms with Gasteiger partial charge >= 0.3 is 39.5 Å². The first kappa shape index (κ1) is 92.1. The summed E-state index contributed by atoms with van der Waals surface area (Å²) in [5.41, 5.74) is 0. The number of unbranched alkanes of at least 4 members (excludes halogenated alkanes) is 43. The van der Waals surface area contributed by atoms with Crippen LogP contribution in [0.5, 0.6) is 0 Å². The number of phosphoric ester groups is 2. The summed E-state index contributed by atoms with van der Waals surface area (Å²) in [5.74, 6) is -0.536. The van der Waals surface area contributed by atoms with Gasteiger partial charge in [0.1, 0.15) is 19.3 Å². The van der Waals surface area contributed by atoms with Crippen LogP contribution in [0, 0.1) is 11.8 Å². The number of hydrogen-bond donors (Lipinski definition) is 3. The second kappa shape index (κ2) is 66.9. The highest BCUT2D eigenvalue weighted by Gasteiger charge is 2.30. The molecule has 558 valence electrons. The molecule has 3 unspecified atom stereocenters. The maximum Gasteiger partial charge on any atom is 0.472 e. The SMILES string of the molecule is CCCCCCCCCCCCCCCCCC(=O)OC[C@H](COP(=O)(O)OC[C@@H](O)COP(=O)(O)OC[C@@H](COC(=O)CCCCCCCCCCCC)OC(=O)CCCCCCCCCCCCC(C)CC)OC(=O)CCCCCCCCCCCCCCC(C)C. The number of carbonyl (C=O) groups excluding carboxylic acids is 4. The van der Waals surface area contributed by atoms with E-state index in [1.165, 1.54) is 205 Å². The summed E-state index contributed by atoms with van der Waals surface area (Å²) in [7, 11) is -9.91. The molecule has 6 atom stereocenters. The van der Waals surface area contributed by atoms with Crippen molar-refractivity contribution >= 4 is 39.5 Å². The summed E-state index contributed by atoms with van der Waals surface area (Å²) in [6.45, 7) is 9.62. The maximum absolute atomic E-state index is 13.1. The van der Waals surface area contributed by atoms with Gasteiger partial charge in [0.2, 0.25) is 0 Å². The zero-order chi connectivity index (χ0) is 69.3. The van der Waals surface area contributed by atoms with Crippen molar-refractivity contribution in [2.45, 2.75) is 407 Å². The summed E-state index contributed by atoms with van der Waals surface area (Å²) in [6.07, 6.45) is 53.9. The first-order chi connectivity index (χ1) is 45.4. The molecule has 3 N–H and O–H groups in total. The van der Waals surface area contributed by atoms with Crippen molar-refractivity contribution in [3.05, 3.63) is 0 Å². The van der Waals surface area contributed by atoms with E-state index in [4.69, 9.17) is 37.0 Å². The summed E-state index contributed by atoms with van der Waals surface area (Å²) in [6, 6.07) is 0. The van der Waals surface area contributed by atoms with E-state index in [0.29, 0.717) is 25.7 Å². The average molecular weight is 1380 g/mol. The fourth-order valence-corrected chi connectivity index (χ4v) is 13.0. The minimum absolute atomic E-state index is 0.106. The van der Waals surface area contributed by atoms with Crippen LogP contribution in [0.2, 0.25) is 0 Å². The highest BCUT2D eigenvalue weighted by atomic mass is 31.2. The van der Waals surface area contributed by atoms with Crippen molar-refractivity contribution in [1.29, 1.82) is 0 Å². The third-order valence-electron chi connectivity index (χ3n) is 17.8. The van der Waals surface area contributed by atoms with Crippen molar-refractivity contribution in [1.82, 2.24) is 0 Å². The van der Waals surface area contributed by atoms with E-state index in [2.05, 4.69) is 41.5 Å². The molecule has 0 heterocycles. The molecule has 0 aliphatic carbocycles. The Balaban J connectivity index is 5.26. The lowest BCUT2D eigenvalue weighted by molar-refractivity contribution is -0.161. The smallest absolute Gasteiger partial charge is 0.462 e. The molecule has 94 heavy (non-hydrogen) atoms. The van der Waals surface area contributed by atoms with Crippen molar-refractivity contribution in [2.24, 2.45) is 11.8 Å². The molecule has 0 bridgehead atoms. The fraction of sp³-hybridized carbons (Fsp3) is 0.947. The lowest BCUT2D eigenvalue weighted by atomic mass is 9.99. The number of carbonyl (C=O) groups is 4. The predicted molar refractivity (Wildman–Crippen MR) is 381 cm³/mol. The molecular formula is C75H146O17P2. The molecule has 0 fully saturated rings. The average Bonchev–Trinajstić information content (AvgIpc) is 1.43. The molecule has 0 aromatic rings. The van der Waals surface area contributed by atoms with Crippen LogP contribution in [0.25, 0.3) is 0 Å². The Labute approximate surface area is 575 Å². The maximum atomic E-state index is 13.1. The van der Waals surface area contributed by atoms with Crippen molar-refractivity contribution < 1.29 is 80.2 Å². The minimum atomic E-state index is -4.96. The van der Waals surface area contributed by atoms with Gasteiger partial charge in [0.05, 0.1) is 26.4 Å². The van der Waals surface area contributed by atoms with Crippen molar-refractivity contribution in [3.8, 4) is 0 Å². The number of phosphoric acid groups is 2. The number of aliphatic hydroxyl groups is 1. The summed E-state index contributed by atoms with van der Waals surface area (Å²) >= 11 is 0. The van der Waals surface area contributed by atoms with Gasteiger partial charge in [-0.05, 0) is 37.5 Å². The van der Waals surface area contributed by atoms with Gasteiger partial charge in [-0.1, -0.05) is 337 Å². The van der Waals surface area contributed by atoms with Gasteiger partial charge in [-0.25, -0.2) is 9.13 Å². The van der Waals surface area contributed by atoms with Crippen LogP contribution in [0.4, 0.5) is 0 Å². The van der Waals surface area contributed by atoms with Crippen LogP contribution in [0.15, 0.2) is 0 Å². The first-order valence-corrected chi connectivity index (χ1v) is 42.0. The lowest BCUT2D eigenvalue weighted by Gasteiger charge is -2.21. The standard InChI is InChI=1S/C75H146O17P2/c1-7-10-12-14-16-18-20-21-22-23-27-34-40-46-52-58-73(78)86-64-71(91-74(79)59-53-47-41-35-28-25-24-26-31-37-43-49-55-67(4)5)66-90-94(83,84)88-62-69(76)61-87-93(81,82)89-65-70(63-85-72(77)57-51-45-39-33-19-17-15-13-11-8-2)92-75(80)60-54-48-42-36-30-29-32-38-44-50-56-68(6)9-3/h67-71,76H,7-66H2,1-6H3,(H,81,82)(H,83,84)/t68?,69-,70+,71+/m0/s1.